The molecule has 3 heterocycles. The molecule has 1 aliphatic heterocycles. The maximum atomic E-state index is 11.9. The Hall–Kier alpha value is -1.92. The van der Waals surface area contributed by atoms with Crippen molar-refractivity contribution in [1.82, 2.24) is 15.2 Å². The fraction of sp³-hybridized carbons (Fsp3) is 0.474. The van der Waals surface area contributed by atoms with Gasteiger partial charge in [-0.15, -0.1) is 0 Å². The van der Waals surface area contributed by atoms with Crippen molar-refractivity contribution < 1.29 is 4.79 Å². The van der Waals surface area contributed by atoms with Crippen LogP contribution in [-0.4, -0.2) is 48.5 Å². The summed E-state index contributed by atoms with van der Waals surface area (Å²) in [5, 5.41) is 7.12. The molecule has 5 nitrogen and oxygen atoms in total. The first kappa shape index (κ1) is 17.9. The third-order valence-corrected chi connectivity index (χ3v) is 5.40. The predicted molar refractivity (Wildman–Crippen MR) is 103 cm³/mol. The van der Waals surface area contributed by atoms with Gasteiger partial charge in [-0.25, -0.2) is 4.98 Å². The van der Waals surface area contributed by atoms with Crippen LogP contribution >= 0.6 is 11.3 Å². The van der Waals surface area contributed by atoms with Crippen LogP contribution in [0.4, 0.5) is 5.82 Å². The normalized spacial score (nSPS) is 15.3. The number of hydrogen-bond acceptors (Lipinski definition) is 5. The maximum Gasteiger partial charge on any atom is 0.220 e. The largest absolute Gasteiger partial charge is 0.354 e. The third-order valence-electron chi connectivity index (χ3n) is 4.66. The van der Waals surface area contributed by atoms with Crippen molar-refractivity contribution >= 4 is 23.1 Å². The SMILES string of the molecule is CCN1CCN(c2ccc(CNC(=O)CCc3ccsc3)cn2)CC1. The molecule has 2 aromatic heterocycles. The van der Waals surface area contributed by atoms with Gasteiger partial charge in [-0.3, -0.25) is 4.79 Å². The Morgan fingerprint density at radius 3 is 2.68 bits per heavy atom. The molecule has 0 aromatic carbocycles. The van der Waals surface area contributed by atoms with E-state index >= 15 is 0 Å². The molecular formula is C19H26N4OS. The maximum absolute atomic E-state index is 11.9. The van der Waals surface area contributed by atoms with Gasteiger partial charge in [0.25, 0.3) is 0 Å². The zero-order valence-electron chi connectivity index (χ0n) is 14.8. The van der Waals surface area contributed by atoms with Crippen molar-refractivity contribution in [2.45, 2.75) is 26.3 Å². The molecule has 0 saturated carbocycles. The molecular weight excluding hydrogens is 332 g/mol. The van der Waals surface area contributed by atoms with E-state index in [0.717, 1.165) is 50.5 Å². The Bertz CT molecular complexity index is 649. The summed E-state index contributed by atoms with van der Waals surface area (Å²) in [5.74, 6) is 1.12. The number of rotatable bonds is 7. The van der Waals surface area contributed by atoms with E-state index < -0.39 is 0 Å². The average molecular weight is 359 g/mol. The molecule has 0 unspecified atom stereocenters. The molecule has 1 saturated heterocycles. The molecule has 0 aliphatic carbocycles. The lowest BCUT2D eigenvalue weighted by atomic mass is 10.2. The first-order chi connectivity index (χ1) is 12.2. The van der Waals surface area contributed by atoms with Gasteiger partial charge in [0.05, 0.1) is 0 Å². The lowest BCUT2D eigenvalue weighted by molar-refractivity contribution is -0.121. The van der Waals surface area contributed by atoms with Crippen molar-refractivity contribution in [3.63, 3.8) is 0 Å². The van der Waals surface area contributed by atoms with Crippen LogP contribution < -0.4 is 10.2 Å². The zero-order chi connectivity index (χ0) is 17.5. The lowest BCUT2D eigenvalue weighted by Crippen LogP contribution is -2.46. The zero-order valence-corrected chi connectivity index (χ0v) is 15.6. The number of aromatic nitrogens is 1. The van der Waals surface area contributed by atoms with E-state index in [2.05, 4.69) is 50.6 Å². The standard InChI is InChI=1S/C19H26N4OS/c1-2-22-8-10-23(11-9-22)18-5-3-17(13-20-18)14-21-19(24)6-4-16-7-12-25-15-16/h3,5,7,12-13,15H,2,4,6,8-11,14H2,1H3,(H,21,24). The Kier molecular flexibility index (Phi) is 6.42. The minimum Gasteiger partial charge on any atom is -0.354 e. The van der Waals surface area contributed by atoms with Gasteiger partial charge in [0, 0.05) is 45.3 Å². The van der Waals surface area contributed by atoms with Crippen molar-refractivity contribution in [1.29, 1.82) is 0 Å². The minimum atomic E-state index is 0.0889. The van der Waals surface area contributed by atoms with Crippen LogP contribution in [0, 0.1) is 0 Å². The van der Waals surface area contributed by atoms with Crippen molar-refractivity contribution in [3.05, 3.63) is 46.3 Å². The quantitative estimate of drug-likeness (QED) is 0.826. The van der Waals surface area contributed by atoms with Gasteiger partial charge >= 0.3 is 0 Å². The first-order valence-corrected chi connectivity index (χ1v) is 9.89. The number of carbonyl (C=O) groups excluding carboxylic acids is 1. The molecule has 1 aliphatic rings. The van der Waals surface area contributed by atoms with Crippen LogP contribution in [0.15, 0.2) is 35.2 Å². The number of anilines is 1. The second kappa shape index (κ2) is 8.97. The molecule has 1 N–H and O–H groups in total. The Balaban J connectivity index is 1.42. The number of nitrogens with zero attached hydrogens (tertiary/aromatic N) is 3. The highest BCUT2D eigenvalue weighted by Gasteiger charge is 2.16. The lowest BCUT2D eigenvalue weighted by Gasteiger charge is -2.34. The van der Waals surface area contributed by atoms with Gasteiger partial charge in [-0.05, 0) is 47.0 Å². The van der Waals surface area contributed by atoms with Crippen LogP contribution in [0.25, 0.3) is 0 Å². The highest BCUT2D eigenvalue weighted by molar-refractivity contribution is 7.07. The molecule has 2 aromatic rings. The van der Waals surface area contributed by atoms with Crippen molar-refractivity contribution in [2.75, 3.05) is 37.6 Å². The third kappa shape index (κ3) is 5.28. The van der Waals surface area contributed by atoms with E-state index in [1.807, 2.05) is 11.6 Å². The average Bonchev–Trinajstić information content (AvgIpc) is 3.19. The summed E-state index contributed by atoms with van der Waals surface area (Å²) in [5.41, 5.74) is 2.27. The Morgan fingerprint density at radius 1 is 1.20 bits per heavy atom. The fourth-order valence-corrected chi connectivity index (χ4v) is 3.69. The number of pyridine rings is 1. The molecule has 0 radical (unpaired) electrons. The van der Waals surface area contributed by atoms with Crippen molar-refractivity contribution in [2.24, 2.45) is 0 Å². The molecule has 25 heavy (non-hydrogen) atoms. The molecule has 6 heteroatoms. The number of piperazine rings is 1. The minimum absolute atomic E-state index is 0.0889. The number of likely N-dealkylation sites (N-methyl/N-ethyl adjacent to an activating group) is 1. The second-order valence-electron chi connectivity index (χ2n) is 6.35. The van der Waals surface area contributed by atoms with Gasteiger partial charge in [0.1, 0.15) is 5.82 Å². The fourth-order valence-electron chi connectivity index (χ4n) is 2.98. The van der Waals surface area contributed by atoms with Crippen LogP contribution in [-0.2, 0) is 17.8 Å². The molecule has 0 bridgehead atoms. The summed E-state index contributed by atoms with van der Waals surface area (Å²) in [6.07, 6.45) is 3.21. The van der Waals surface area contributed by atoms with Gasteiger partial charge in [0.2, 0.25) is 5.91 Å². The van der Waals surface area contributed by atoms with Gasteiger partial charge in [-0.1, -0.05) is 13.0 Å². The predicted octanol–water partition coefficient (Wildman–Crippen LogP) is 2.53. The number of hydrogen-bond donors (Lipinski definition) is 1. The van der Waals surface area contributed by atoms with Crippen LogP contribution in [0.2, 0.25) is 0 Å². The van der Waals surface area contributed by atoms with E-state index in [1.165, 1.54) is 5.56 Å². The Labute approximate surface area is 153 Å². The summed E-state index contributed by atoms with van der Waals surface area (Å²) in [6.45, 7) is 8.11. The number of carbonyl (C=O) groups is 1. The summed E-state index contributed by atoms with van der Waals surface area (Å²) in [7, 11) is 0. The van der Waals surface area contributed by atoms with E-state index in [9.17, 15) is 4.79 Å². The first-order valence-electron chi connectivity index (χ1n) is 8.94. The van der Waals surface area contributed by atoms with Crippen LogP contribution in [0.3, 0.4) is 0 Å². The molecule has 134 valence electrons. The molecule has 0 spiro atoms. The second-order valence-corrected chi connectivity index (χ2v) is 7.13. The van der Waals surface area contributed by atoms with E-state index in [0.29, 0.717) is 13.0 Å². The summed E-state index contributed by atoms with van der Waals surface area (Å²) in [6, 6.07) is 6.20. The van der Waals surface area contributed by atoms with E-state index in [4.69, 9.17) is 0 Å². The molecule has 3 rings (SSSR count). The summed E-state index contributed by atoms with van der Waals surface area (Å²) < 4.78 is 0. The highest BCUT2D eigenvalue weighted by Crippen LogP contribution is 2.14. The Morgan fingerprint density at radius 2 is 2.04 bits per heavy atom. The number of thiophene rings is 1. The van der Waals surface area contributed by atoms with Gasteiger partial charge < -0.3 is 15.1 Å². The molecule has 1 fully saturated rings. The van der Waals surface area contributed by atoms with Crippen LogP contribution in [0.5, 0.6) is 0 Å². The smallest absolute Gasteiger partial charge is 0.220 e. The van der Waals surface area contributed by atoms with Crippen molar-refractivity contribution in [3.8, 4) is 0 Å². The van der Waals surface area contributed by atoms with E-state index in [1.54, 1.807) is 11.3 Å². The number of nitrogens with one attached hydrogen (secondary N) is 1. The molecule has 1 amide bonds. The number of aryl methyl sites for hydroxylation is 1. The van der Waals surface area contributed by atoms with Gasteiger partial charge in [-0.2, -0.15) is 11.3 Å². The summed E-state index contributed by atoms with van der Waals surface area (Å²) in [4.78, 5) is 21.3. The number of amides is 1. The topological polar surface area (TPSA) is 48.5 Å². The monoisotopic (exact) mass is 358 g/mol. The summed E-state index contributed by atoms with van der Waals surface area (Å²) >= 11 is 1.67. The molecule has 0 atom stereocenters. The van der Waals surface area contributed by atoms with Gasteiger partial charge in [0.15, 0.2) is 0 Å². The van der Waals surface area contributed by atoms with E-state index in [-0.39, 0.29) is 5.91 Å². The van der Waals surface area contributed by atoms with Crippen LogP contribution in [0.1, 0.15) is 24.5 Å². The highest BCUT2D eigenvalue weighted by atomic mass is 32.1.